The van der Waals surface area contributed by atoms with Crippen LogP contribution in [0.5, 0.6) is 0 Å². The fraction of sp³-hybridized carbons (Fsp3) is 0.625. The maximum absolute atomic E-state index is 13.8. The Hall–Kier alpha value is -0.610. The van der Waals surface area contributed by atoms with Crippen molar-refractivity contribution in [2.75, 3.05) is 0 Å². The molecular formula is C16H23F2NS. The molecule has 0 spiro atoms. The van der Waals surface area contributed by atoms with E-state index in [0.29, 0.717) is 10.8 Å². The van der Waals surface area contributed by atoms with E-state index in [4.69, 9.17) is 5.73 Å². The van der Waals surface area contributed by atoms with Crippen molar-refractivity contribution in [3.8, 4) is 0 Å². The maximum atomic E-state index is 13.8. The average Bonchev–Trinajstić information content (AvgIpc) is 2.33. The molecule has 20 heavy (non-hydrogen) atoms. The molecule has 1 aliphatic rings. The summed E-state index contributed by atoms with van der Waals surface area (Å²) < 4.78 is 26.7. The van der Waals surface area contributed by atoms with Gasteiger partial charge in [0.15, 0.2) is 0 Å². The fourth-order valence-electron chi connectivity index (χ4n) is 2.81. The van der Waals surface area contributed by atoms with Crippen LogP contribution in [0.2, 0.25) is 0 Å². The first kappa shape index (κ1) is 15.8. The van der Waals surface area contributed by atoms with E-state index in [-0.39, 0.29) is 16.7 Å². The third-order valence-electron chi connectivity index (χ3n) is 4.24. The number of benzene rings is 1. The summed E-state index contributed by atoms with van der Waals surface area (Å²) in [7, 11) is 0. The van der Waals surface area contributed by atoms with Gasteiger partial charge >= 0.3 is 0 Å². The highest BCUT2D eigenvalue weighted by Crippen LogP contribution is 2.43. The zero-order chi connectivity index (χ0) is 14.9. The van der Waals surface area contributed by atoms with Crippen LogP contribution >= 0.6 is 11.8 Å². The summed E-state index contributed by atoms with van der Waals surface area (Å²) in [4.78, 5) is 0.501. The van der Waals surface area contributed by atoms with Gasteiger partial charge in [-0.1, -0.05) is 20.8 Å². The first-order valence-corrected chi connectivity index (χ1v) is 8.02. The van der Waals surface area contributed by atoms with Crippen LogP contribution in [0.25, 0.3) is 0 Å². The molecule has 0 aromatic heterocycles. The van der Waals surface area contributed by atoms with Crippen molar-refractivity contribution in [3.63, 3.8) is 0 Å². The second kappa shape index (κ2) is 6.02. The Kier molecular flexibility index (Phi) is 4.75. The van der Waals surface area contributed by atoms with Gasteiger partial charge in [0.05, 0.1) is 0 Å². The summed E-state index contributed by atoms with van der Waals surface area (Å²) in [6.45, 7) is 6.73. The fourth-order valence-corrected chi connectivity index (χ4v) is 4.09. The molecule has 1 aromatic rings. The van der Waals surface area contributed by atoms with E-state index in [1.165, 1.54) is 23.9 Å². The molecule has 3 unspecified atom stereocenters. The quantitative estimate of drug-likeness (QED) is 0.863. The summed E-state index contributed by atoms with van der Waals surface area (Å²) in [5.41, 5.74) is 6.45. The lowest BCUT2D eigenvalue weighted by Gasteiger charge is -2.40. The van der Waals surface area contributed by atoms with Crippen molar-refractivity contribution < 1.29 is 8.78 Å². The Labute approximate surface area is 124 Å². The van der Waals surface area contributed by atoms with Gasteiger partial charge in [-0.05, 0) is 42.7 Å². The molecule has 2 N–H and O–H groups in total. The molecule has 112 valence electrons. The molecule has 0 aliphatic heterocycles. The molecule has 3 atom stereocenters. The Morgan fingerprint density at radius 2 is 1.90 bits per heavy atom. The van der Waals surface area contributed by atoms with E-state index < -0.39 is 11.6 Å². The van der Waals surface area contributed by atoms with Crippen LogP contribution in [0.15, 0.2) is 23.1 Å². The van der Waals surface area contributed by atoms with Gasteiger partial charge in [-0.25, -0.2) is 8.78 Å². The monoisotopic (exact) mass is 299 g/mol. The second-order valence-electron chi connectivity index (χ2n) is 6.77. The molecule has 1 fully saturated rings. The number of hydrogen-bond acceptors (Lipinski definition) is 2. The number of thioether (sulfide) groups is 1. The third-order valence-corrected chi connectivity index (χ3v) is 5.67. The van der Waals surface area contributed by atoms with Gasteiger partial charge in [-0.3, -0.25) is 0 Å². The first-order valence-electron chi connectivity index (χ1n) is 7.14. The molecule has 0 radical (unpaired) electrons. The van der Waals surface area contributed by atoms with E-state index in [1.54, 1.807) is 0 Å². The van der Waals surface area contributed by atoms with E-state index in [2.05, 4.69) is 20.8 Å². The Morgan fingerprint density at radius 1 is 1.20 bits per heavy atom. The predicted octanol–water partition coefficient (Wildman–Crippen LogP) is 4.60. The van der Waals surface area contributed by atoms with Gasteiger partial charge in [-0.15, -0.1) is 11.8 Å². The Morgan fingerprint density at radius 3 is 2.50 bits per heavy atom. The van der Waals surface area contributed by atoms with Crippen molar-refractivity contribution in [2.24, 2.45) is 17.1 Å². The molecule has 0 heterocycles. The first-order chi connectivity index (χ1) is 9.27. The van der Waals surface area contributed by atoms with Gasteiger partial charge in [0.25, 0.3) is 0 Å². The molecule has 4 heteroatoms. The van der Waals surface area contributed by atoms with Crippen LogP contribution in [-0.2, 0) is 0 Å². The van der Waals surface area contributed by atoms with Crippen LogP contribution < -0.4 is 5.73 Å². The molecular weight excluding hydrogens is 276 g/mol. The van der Waals surface area contributed by atoms with E-state index >= 15 is 0 Å². The normalized spacial score (nSPS) is 27.6. The number of rotatable bonds is 2. The minimum absolute atomic E-state index is 0.0862. The summed E-state index contributed by atoms with van der Waals surface area (Å²) in [6.07, 6.45) is 3.10. The third kappa shape index (κ3) is 3.73. The summed E-state index contributed by atoms with van der Waals surface area (Å²) in [5.74, 6) is -0.421. The zero-order valence-corrected chi connectivity index (χ0v) is 13.1. The molecule has 1 saturated carbocycles. The topological polar surface area (TPSA) is 26.0 Å². The van der Waals surface area contributed by atoms with Gasteiger partial charge < -0.3 is 5.73 Å². The van der Waals surface area contributed by atoms with Crippen LogP contribution in [0, 0.1) is 23.0 Å². The van der Waals surface area contributed by atoms with E-state index in [9.17, 15) is 8.78 Å². The minimum atomic E-state index is -0.535. The van der Waals surface area contributed by atoms with Gasteiger partial charge in [0.2, 0.25) is 0 Å². The van der Waals surface area contributed by atoms with Crippen molar-refractivity contribution in [3.05, 3.63) is 29.8 Å². The van der Waals surface area contributed by atoms with E-state index in [1.807, 2.05) is 0 Å². The highest BCUT2D eigenvalue weighted by molar-refractivity contribution is 8.00. The maximum Gasteiger partial charge on any atom is 0.139 e. The summed E-state index contributed by atoms with van der Waals surface area (Å²) >= 11 is 1.46. The molecule has 1 nitrogen and oxygen atoms in total. The standard InChI is InChI=1S/C16H23F2NS/c1-16(2,3)10-4-6-13(19)15(8-10)20-14-7-5-11(17)9-12(14)18/h5,7,9-10,13,15H,4,6,8,19H2,1-3H3. The van der Waals surface area contributed by atoms with Crippen molar-refractivity contribution in [1.29, 1.82) is 0 Å². The molecule has 1 aliphatic carbocycles. The van der Waals surface area contributed by atoms with Crippen LogP contribution in [0.4, 0.5) is 8.78 Å². The summed E-state index contributed by atoms with van der Waals surface area (Å²) in [6, 6.07) is 3.85. The van der Waals surface area contributed by atoms with Crippen molar-refractivity contribution >= 4 is 11.8 Å². The molecule has 2 rings (SSSR count). The van der Waals surface area contributed by atoms with E-state index in [0.717, 1.165) is 25.3 Å². The summed E-state index contributed by atoms with van der Waals surface area (Å²) in [5, 5.41) is 0.202. The minimum Gasteiger partial charge on any atom is -0.327 e. The molecule has 0 saturated heterocycles. The number of hydrogen-bond donors (Lipinski definition) is 1. The van der Waals surface area contributed by atoms with Gasteiger partial charge in [-0.2, -0.15) is 0 Å². The number of halogens is 2. The van der Waals surface area contributed by atoms with Crippen LogP contribution in [0.3, 0.4) is 0 Å². The lowest BCUT2D eigenvalue weighted by Crippen LogP contribution is -2.41. The lowest BCUT2D eigenvalue weighted by atomic mass is 9.71. The second-order valence-corrected chi connectivity index (χ2v) is 8.05. The largest absolute Gasteiger partial charge is 0.327 e. The van der Waals surface area contributed by atoms with Crippen LogP contribution in [-0.4, -0.2) is 11.3 Å². The van der Waals surface area contributed by atoms with Gasteiger partial charge in [0.1, 0.15) is 11.6 Å². The highest BCUT2D eigenvalue weighted by atomic mass is 32.2. The average molecular weight is 299 g/mol. The predicted molar refractivity (Wildman–Crippen MR) is 80.8 cm³/mol. The smallest absolute Gasteiger partial charge is 0.139 e. The van der Waals surface area contributed by atoms with Gasteiger partial charge in [0, 0.05) is 22.3 Å². The van der Waals surface area contributed by atoms with Crippen molar-refractivity contribution in [2.45, 2.75) is 56.2 Å². The highest BCUT2D eigenvalue weighted by Gasteiger charge is 2.35. The zero-order valence-electron chi connectivity index (χ0n) is 12.3. The molecule has 1 aromatic carbocycles. The van der Waals surface area contributed by atoms with Crippen molar-refractivity contribution in [1.82, 2.24) is 0 Å². The molecule has 0 bridgehead atoms. The Balaban J connectivity index is 2.10. The molecule has 0 amide bonds. The SMILES string of the molecule is CC(C)(C)C1CCC(N)C(Sc2ccc(F)cc2F)C1. The number of nitrogens with two attached hydrogens (primary N) is 1. The van der Waals surface area contributed by atoms with Crippen LogP contribution in [0.1, 0.15) is 40.0 Å². The Bertz CT molecular complexity index is 470. The lowest BCUT2D eigenvalue weighted by molar-refractivity contribution is 0.174.